The summed E-state index contributed by atoms with van der Waals surface area (Å²) in [7, 11) is -3.29. The Labute approximate surface area is 67.3 Å². The summed E-state index contributed by atoms with van der Waals surface area (Å²) in [5.41, 5.74) is 5.14. The molecule has 0 amide bonds. The number of sulfone groups is 1. The summed E-state index contributed by atoms with van der Waals surface area (Å²) in [4.78, 5) is 0. The van der Waals surface area contributed by atoms with E-state index in [9.17, 15) is 8.42 Å². The molecule has 0 fully saturated rings. The summed E-state index contributed by atoms with van der Waals surface area (Å²) in [5.74, 6) is 0. The van der Waals surface area contributed by atoms with E-state index in [1.807, 2.05) is 0 Å². The van der Waals surface area contributed by atoms with Gasteiger partial charge in [-0.05, 0) is 13.3 Å². The van der Waals surface area contributed by atoms with Crippen LogP contribution < -0.4 is 5.73 Å². The van der Waals surface area contributed by atoms with Crippen LogP contribution in [-0.2, 0) is 9.84 Å². The highest BCUT2D eigenvalue weighted by molar-refractivity contribution is 7.92. The zero-order chi connectivity index (χ0) is 9.28. The summed E-state index contributed by atoms with van der Waals surface area (Å²) < 4.78 is 21.0. The Kier molecular flexibility index (Phi) is 3.05. The Hall–Kier alpha value is -0.130. The smallest absolute Gasteiger partial charge is 0.156 e. The third kappa shape index (κ3) is 1.91. The van der Waals surface area contributed by atoms with Gasteiger partial charge in [-0.3, -0.25) is 0 Å². The zero-order valence-electron chi connectivity index (χ0n) is 7.03. The van der Waals surface area contributed by atoms with Crippen LogP contribution >= 0.6 is 0 Å². The van der Waals surface area contributed by atoms with Crippen LogP contribution in [0.25, 0.3) is 0 Å². The summed E-state index contributed by atoms with van der Waals surface area (Å²) in [6, 6.07) is 0. The van der Waals surface area contributed by atoms with Crippen LogP contribution in [0, 0.1) is 0 Å². The van der Waals surface area contributed by atoms with Crippen molar-refractivity contribution in [2.75, 3.05) is 6.26 Å². The number of nitrogens with two attached hydrogens (primary N) is 1. The lowest BCUT2D eigenvalue weighted by Gasteiger charge is -2.28. The Morgan fingerprint density at radius 1 is 1.64 bits per heavy atom. The summed E-state index contributed by atoms with van der Waals surface area (Å²) in [6.07, 6.45) is 0.0679. The fourth-order valence-electron chi connectivity index (χ4n) is 0.691. The number of hydrogen-bond acceptors (Lipinski definition) is 4. The standard InChI is InChI=1S/C6H15NO3S/c1-4-6(2,5(7)8)11(3,9)10/h5,8H,4,7H2,1-3H3. The van der Waals surface area contributed by atoms with E-state index in [0.29, 0.717) is 6.42 Å². The maximum absolute atomic E-state index is 11.1. The van der Waals surface area contributed by atoms with E-state index < -0.39 is 20.8 Å². The van der Waals surface area contributed by atoms with Crippen molar-refractivity contribution < 1.29 is 13.5 Å². The van der Waals surface area contributed by atoms with Crippen molar-refractivity contribution in [2.45, 2.75) is 31.2 Å². The predicted octanol–water partition coefficient (Wildman–Crippen LogP) is -0.523. The van der Waals surface area contributed by atoms with Crippen molar-refractivity contribution in [1.82, 2.24) is 0 Å². The van der Waals surface area contributed by atoms with Gasteiger partial charge in [0.1, 0.15) is 11.0 Å². The Bertz CT molecular complexity index is 222. The molecule has 0 saturated heterocycles. The molecule has 0 aliphatic rings. The molecule has 5 heteroatoms. The van der Waals surface area contributed by atoms with Gasteiger partial charge < -0.3 is 10.8 Å². The van der Waals surface area contributed by atoms with Gasteiger partial charge in [0.2, 0.25) is 0 Å². The van der Waals surface area contributed by atoms with Gasteiger partial charge in [0.05, 0.1) is 0 Å². The van der Waals surface area contributed by atoms with Crippen molar-refractivity contribution in [2.24, 2.45) is 5.73 Å². The third-order valence-electron chi connectivity index (χ3n) is 2.17. The normalized spacial score (nSPS) is 20.8. The molecule has 68 valence electrons. The number of rotatable bonds is 3. The maximum Gasteiger partial charge on any atom is 0.156 e. The minimum Gasteiger partial charge on any atom is -0.377 e. The van der Waals surface area contributed by atoms with Crippen molar-refractivity contribution in [3.63, 3.8) is 0 Å². The summed E-state index contributed by atoms with van der Waals surface area (Å²) in [6.45, 7) is 3.12. The second-order valence-corrected chi connectivity index (χ2v) is 5.36. The molecule has 0 aromatic carbocycles. The largest absolute Gasteiger partial charge is 0.377 e. The van der Waals surface area contributed by atoms with Gasteiger partial charge in [0, 0.05) is 6.26 Å². The third-order valence-corrected chi connectivity index (χ3v) is 4.40. The molecule has 0 rings (SSSR count). The molecule has 0 spiro atoms. The van der Waals surface area contributed by atoms with Crippen LogP contribution in [0.15, 0.2) is 0 Å². The highest BCUT2D eigenvalue weighted by Crippen LogP contribution is 2.21. The Morgan fingerprint density at radius 3 is 2.00 bits per heavy atom. The summed E-state index contributed by atoms with van der Waals surface area (Å²) >= 11 is 0. The fourth-order valence-corrected chi connectivity index (χ4v) is 1.65. The molecular weight excluding hydrogens is 166 g/mol. The minimum atomic E-state index is -3.29. The first-order valence-corrected chi connectivity index (χ1v) is 5.28. The first-order chi connectivity index (χ1) is 4.75. The quantitative estimate of drug-likeness (QED) is 0.574. The van der Waals surface area contributed by atoms with Crippen LogP contribution in [0.5, 0.6) is 0 Å². The van der Waals surface area contributed by atoms with Crippen molar-refractivity contribution in [3.8, 4) is 0 Å². The average Bonchev–Trinajstić information content (AvgIpc) is 1.83. The topological polar surface area (TPSA) is 80.4 Å². The van der Waals surface area contributed by atoms with Crippen molar-refractivity contribution in [1.29, 1.82) is 0 Å². The lowest BCUT2D eigenvalue weighted by molar-refractivity contribution is 0.135. The molecule has 2 unspecified atom stereocenters. The molecule has 3 N–H and O–H groups in total. The van der Waals surface area contributed by atoms with E-state index in [1.54, 1.807) is 6.92 Å². The molecule has 0 bridgehead atoms. The lowest BCUT2D eigenvalue weighted by Crippen LogP contribution is -2.50. The second-order valence-electron chi connectivity index (χ2n) is 2.88. The average molecular weight is 181 g/mol. The molecule has 0 aromatic rings. The highest BCUT2D eigenvalue weighted by atomic mass is 32.2. The molecule has 0 aromatic heterocycles. The second kappa shape index (κ2) is 3.08. The molecule has 0 saturated carbocycles. The van der Waals surface area contributed by atoms with Crippen molar-refractivity contribution in [3.05, 3.63) is 0 Å². The number of hydrogen-bond donors (Lipinski definition) is 2. The minimum absolute atomic E-state index is 0.309. The number of aliphatic hydroxyl groups excluding tert-OH is 1. The fraction of sp³-hybridized carbons (Fsp3) is 1.00. The van der Waals surface area contributed by atoms with Crippen molar-refractivity contribution >= 4 is 9.84 Å². The van der Waals surface area contributed by atoms with Gasteiger partial charge in [-0.2, -0.15) is 0 Å². The van der Waals surface area contributed by atoms with Gasteiger partial charge in [0.25, 0.3) is 0 Å². The van der Waals surface area contributed by atoms with E-state index in [1.165, 1.54) is 6.92 Å². The molecule has 2 atom stereocenters. The van der Waals surface area contributed by atoms with Gasteiger partial charge in [-0.25, -0.2) is 8.42 Å². The van der Waals surface area contributed by atoms with Crippen LogP contribution in [0.1, 0.15) is 20.3 Å². The first-order valence-electron chi connectivity index (χ1n) is 3.39. The SMILES string of the molecule is CCC(C)(C(N)O)S(C)(=O)=O. The van der Waals surface area contributed by atoms with Gasteiger partial charge in [-0.1, -0.05) is 6.92 Å². The molecular formula is C6H15NO3S. The number of aliphatic hydroxyl groups is 1. The molecule has 0 radical (unpaired) electrons. The van der Waals surface area contributed by atoms with Crippen LogP contribution in [-0.4, -0.2) is 30.8 Å². The maximum atomic E-state index is 11.1. The molecule has 4 nitrogen and oxygen atoms in total. The lowest BCUT2D eigenvalue weighted by atomic mass is 10.1. The predicted molar refractivity (Wildman–Crippen MR) is 43.7 cm³/mol. The van der Waals surface area contributed by atoms with E-state index in [2.05, 4.69) is 0 Å². The van der Waals surface area contributed by atoms with Gasteiger partial charge >= 0.3 is 0 Å². The Balaban J connectivity index is 4.92. The van der Waals surface area contributed by atoms with E-state index >= 15 is 0 Å². The molecule has 0 heterocycles. The van der Waals surface area contributed by atoms with E-state index in [4.69, 9.17) is 10.8 Å². The van der Waals surface area contributed by atoms with E-state index in [0.717, 1.165) is 6.26 Å². The molecule has 11 heavy (non-hydrogen) atoms. The highest BCUT2D eigenvalue weighted by Gasteiger charge is 2.39. The zero-order valence-corrected chi connectivity index (χ0v) is 7.85. The van der Waals surface area contributed by atoms with Crippen LogP contribution in [0.2, 0.25) is 0 Å². The van der Waals surface area contributed by atoms with Crippen LogP contribution in [0.3, 0.4) is 0 Å². The monoisotopic (exact) mass is 181 g/mol. The molecule has 0 aliphatic carbocycles. The van der Waals surface area contributed by atoms with E-state index in [-0.39, 0.29) is 0 Å². The Morgan fingerprint density at radius 2 is 2.00 bits per heavy atom. The van der Waals surface area contributed by atoms with Gasteiger partial charge in [-0.15, -0.1) is 0 Å². The van der Waals surface area contributed by atoms with Crippen LogP contribution in [0.4, 0.5) is 0 Å². The summed E-state index contributed by atoms with van der Waals surface area (Å²) in [5, 5.41) is 9.01. The first kappa shape index (κ1) is 10.9. The molecule has 0 aliphatic heterocycles. The van der Waals surface area contributed by atoms with Gasteiger partial charge in [0.15, 0.2) is 9.84 Å².